The second kappa shape index (κ2) is 5.77. The second-order valence-electron chi connectivity index (χ2n) is 3.67. The predicted molar refractivity (Wildman–Crippen MR) is 64.9 cm³/mol. The summed E-state index contributed by atoms with van der Waals surface area (Å²) in [6, 6.07) is 2.85. The van der Waals surface area contributed by atoms with Gasteiger partial charge in [0.25, 0.3) is 0 Å². The minimum absolute atomic E-state index is 0.135. The molecule has 0 aliphatic heterocycles. The molecule has 0 amide bonds. The summed E-state index contributed by atoms with van der Waals surface area (Å²) >= 11 is 5.69. The Balaban J connectivity index is 2.97. The molecule has 7 heteroatoms. The highest BCUT2D eigenvalue weighted by atomic mass is 35.5. The van der Waals surface area contributed by atoms with Crippen LogP contribution in [0.3, 0.4) is 0 Å². The van der Waals surface area contributed by atoms with Gasteiger partial charge in [0.1, 0.15) is 10.7 Å². The Morgan fingerprint density at radius 2 is 2.18 bits per heavy atom. The SMILES string of the molecule is CC(CCN)NS(=O)(=O)c1ccc(F)cc1Cl. The zero-order valence-corrected chi connectivity index (χ0v) is 10.9. The summed E-state index contributed by atoms with van der Waals surface area (Å²) in [5.74, 6) is -0.580. The van der Waals surface area contributed by atoms with E-state index in [0.29, 0.717) is 13.0 Å². The molecule has 0 saturated carbocycles. The van der Waals surface area contributed by atoms with Gasteiger partial charge in [0, 0.05) is 6.04 Å². The minimum atomic E-state index is -3.73. The van der Waals surface area contributed by atoms with Crippen LogP contribution in [0.1, 0.15) is 13.3 Å². The third-order valence-electron chi connectivity index (χ3n) is 2.14. The van der Waals surface area contributed by atoms with Crippen LogP contribution < -0.4 is 10.5 Å². The maximum Gasteiger partial charge on any atom is 0.242 e. The highest BCUT2D eigenvalue weighted by Crippen LogP contribution is 2.22. The summed E-state index contributed by atoms with van der Waals surface area (Å²) in [6.45, 7) is 2.07. The van der Waals surface area contributed by atoms with Gasteiger partial charge in [-0.1, -0.05) is 11.6 Å². The Bertz CT molecular complexity index is 493. The molecule has 0 aromatic heterocycles. The number of benzene rings is 1. The van der Waals surface area contributed by atoms with Crippen molar-refractivity contribution >= 4 is 21.6 Å². The third kappa shape index (κ3) is 3.92. The molecule has 3 N–H and O–H groups in total. The number of rotatable bonds is 5. The van der Waals surface area contributed by atoms with Gasteiger partial charge in [0.15, 0.2) is 0 Å². The van der Waals surface area contributed by atoms with Gasteiger partial charge < -0.3 is 5.73 Å². The average molecular weight is 281 g/mol. The summed E-state index contributed by atoms with van der Waals surface area (Å²) in [5, 5.41) is -0.141. The number of nitrogens with one attached hydrogen (secondary N) is 1. The number of nitrogens with two attached hydrogens (primary N) is 1. The molecule has 0 heterocycles. The zero-order valence-electron chi connectivity index (χ0n) is 9.28. The van der Waals surface area contributed by atoms with Crippen LogP contribution in [0.4, 0.5) is 4.39 Å². The standard InChI is InChI=1S/C10H14ClFN2O2S/c1-7(4-5-13)14-17(15,16)10-3-2-8(12)6-9(10)11/h2-3,6-7,14H,4-5,13H2,1H3. The lowest BCUT2D eigenvalue weighted by atomic mass is 10.3. The smallest absolute Gasteiger partial charge is 0.242 e. The quantitative estimate of drug-likeness (QED) is 0.858. The van der Waals surface area contributed by atoms with E-state index < -0.39 is 15.8 Å². The number of sulfonamides is 1. The van der Waals surface area contributed by atoms with E-state index in [1.165, 1.54) is 0 Å². The van der Waals surface area contributed by atoms with Crippen LogP contribution in [0.25, 0.3) is 0 Å². The molecule has 0 aliphatic rings. The number of hydrogen-bond acceptors (Lipinski definition) is 3. The van der Waals surface area contributed by atoms with Crippen molar-refractivity contribution in [3.8, 4) is 0 Å². The van der Waals surface area contributed by atoms with Crippen molar-refractivity contribution in [1.82, 2.24) is 4.72 Å². The summed E-state index contributed by atoms with van der Waals surface area (Å²) in [6.07, 6.45) is 0.512. The van der Waals surface area contributed by atoms with Crippen LogP contribution in [0.2, 0.25) is 5.02 Å². The van der Waals surface area contributed by atoms with Crippen LogP contribution in [0.5, 0.6) is 0 Å². The maximum atomic E-state index is 12.8. The maximum absolute atomic E-state index is 12.8. The lowest BCUT2D eigenvalue weighted by Crippen LogP contribution is -2.34. The Morgan fingerprint density at radius 1 is 1.53 bits per heavy atom. The fourth-order valence-electron chi connectivity index (χ4n) is 1.33. The minimum Gasteiger partial charge on any atom is -0.330 e. The van der Waals surface area contributed by atoms with Gasteiger partial charge in [0.2, 0.25) is 10.0 Å². The van der Waals surface area contributed by atoms with E-state index in [2.05, 4.69) is 4.72 Å². The summed E-state index contributed by atoms with van der Waals surface area (Å²) in [7, 11) is -3.73. The zero-order chi connectivity index (χ0) is 13.1. The molecule has 0 saturated heterocycles. The second-order valence-corrected chi connectivity index (χ2v) is 5.76. The molecule has 1 unspecified atom stereocenters. The molecule has 0 fully saturated rings. The molecular weight excluding hydrogens is 267 g/mol. The first-order chi connectivity index (χ1) is 7.86. The monoisotopic (exact) mass is 280 g/mol. The molecule has 4 nitrogen and oxygen atoms in total. The van der Waals surface area contributed by atoms with E-state index in [1.807, 2.05) is 0 Å². The van der Waals surface area contributed by atoms with Crippen LogP contribution in [-0.2, 0) is 10.0 Å². The van der Waals surface area contributed by atoms with Crippen LogP contribution in [0, 0.1) is 5.82 Å². The predicted octanol–water partition coefficient (Wildman–Crippen LogP) is 1.49. The fraction of sp³-hybridized carbons (Fsp3) is 0.400. The van der Waals surface area contributed by atoms with Crippen molar-refractivity contribution in [3.63, 3.8) is 0 Å². The van der Waals surface area contributed by atoms with Gasteiger partial charge in [-0.2, -0.15) is 0 Å². The summed E-state index contributed by atoms with van der Waals surface area (Å²) < 4.78 is 39.0. The van der Waals surface area contributed by atoms with E-state index in [9.17, 15) is 12.8 Å². The van der Waals surface area contributed by atoms with Gasteiger partial charge in [-0.05, 0) is 38.1 Å². The molecule has 1 rings (SSSR count). The van der Waals surface area contributed by atoms with Crippen molar-refractivity contribution in [2.24, 2.45) is 5.73 Å². The Morgan fingerprint density at radius 3 is 2.71 bits per heavy atom. The Hall–Kier alpha value is -0.690. The van der Waals surface area contributed by atoms with Crippen LogP contribution in [0.15, 0.2) is 23.1 Å². The molecule has 0 aliphatic carbocycles. The number of hydrogen-bond donors (Lipinski definition) is 2. The van der Waals surface area contributed by atoms with Crippen molar-refractivity contribution in [2.75, 3.05) is 6.54 Å². The van der Waals surface area contributed by atoms with Crippen molar-refractivity contribution in [3.05, 3.63) is 29.0 Å². The van der Waals surface area contributed by atoms with Gasteiger partial charge in [0.05, 0.1) is 5.02 Å². The molecule has 0 bridgehead atoms. The first-order valence-corrected chi connectivity index (χ1v) is 6.90. The normalized spacial score (nSPS) is 13.6. The third-order valence-corrected chi connectivity index (χ3v) is 4.21. The van der Waals surface area contributed by atoms with Crippen LogP contribution in [-0.4, -0.2) is 21.0 Å². The Labute approximate surface area is 105 Å². The van der Waals surface area contributed by atoms with Crippen molar-refractivity contribution < 1.29 is 12.8 Å². The first kappa shape index (κ1) is 14.4. The topological polar surface area (TPSA) is 72.2 Å². The summed E-state index contributed by atoms with van der Waals surface area (Å²) in [5.41, 5.74) is 5.33. The van der Waals surface area contributed by atoms with Gasteiger partial charge in [-0.15, -0.1) is 0 Å². The summed E-state index contributed by atoms with van der Waals surface area (Å²) in [4.78, 5) is -0.135. The molecule has 0 spiro atoms. The van der Waals surface area contributed by atoms with E-state index in [4.69, 9.17) is 17.3 Å². The van der Waals surface area contributed by atoms with Gasteiger partial charge in [-0.25, -0.2) is 17.5 Å². The molecule has 1 aromatic carbocycles. The lowest BCUT2D eigenvalue weighted by Gasteiger charge is -2.13. The first-order valence-electron chi connectivity index (χ1n) is 5.04. The molecule has 1 aromatic rings. The van der Waals surface area contributed by atoms with E-state index in [-0.39, 0.29) is 16.0 Å². The fourth-order valence-corrected chi connectivity index (χ4v) is 3.14. The largest absolute Gasteiger partial charge is 0.330 e. The Kier molecular flexibility index (Phi) is 4.88. The van der Waals surface area contributed by atoms with Gasteiger partial charge >= 0.3 is 0 Å². The molecule has 96 valence electrons. The van der Waals surface area contributed by atoms with E-state index in [0.717, 1.165) is 18.2 Å². The highest BCUT2D eigenvalue weighted by Gasteiger charge is 2.20. The van der Waals surface area contributed by atoms with E-state index >= 15 is 0 Å². The molecular formula is C10H14ClFN2O2S. The molecule has 1 atom stereocenters. The number of halogens is 2. The van der Waals surface area contributed by atoms with Crippen molar-refractivity contribution in [1.29, 1.82) is 0 Å². The highest BCUT2D eigenvalue weighted by molar-refractivity contribution is 7.89. The average Bonchev–Trinajstić information content (AvgIpc) is 2.15. The lowest BCUT2D eigenvalue weighted by molar-refractivity contribution is 0.549. The van der Waals surface area contributed by atoms with E-state index in [1.54, 1.807) is 6.92 Å². The molecule has 0 radical (unpaired) electrons. The molecule has 17 heavy (non-hydrogen) atoms. The van der Waals surface area contributed by atoms with Crippen molar-refractivity contribution in [2.45, 2.75) is 24.3 Å². The van der Waals surface area contributed by atoms with Gasteiger partial charge in [-0.3, -0.25) is 0 Å². The van der Waals surface area contributed by atoms with Crippen LogP contribution >= 0.6 is 11.6 Å².